The predicted octanol–water partition coefficient (Wildman–Crippen LogP) is 4.54. The molecule has 3 rings (SSSR count). The third-order valence-corrected chi connectivity index (χ3v) is 4.83. The van der Waals surface area contributed by atoms with Gasteiger partial charge in [0.25, 0.3) is 0 Å². The molecule has 0 unspecified atom stereocenters. The van der Waals surface area contributed by atoms with Gasteiger partial charge < -0.3 is 14.8 Å². The van der Waals surface area contributed by atoms with Crippen molar-refractivity contribution in [2.75, 3.05) is 19.5 Å². The molecule has 1 aromatic heterocycles. The first-order valence-electron chi connectivity index (χ1n) is 8.31. The van der Waals surface area contributed by atoms with Gasteiger partial charge in [0, 0.05) is 35.5 Å². The number of aromatic nitrogens is 1. The zero-order chi connectivity index (χ0) is 19.2. The first-order valence-corrected chi connectivity index (χ1v) is 9.19. The summed E-state index contributed by atoms with van der Waals surface area (Å²) in [6.07, 6.45) is 0.843. The van der Waals surface area contributed by atoms with Crippen LogP contribution in [0.2, 0.25) is 0 Å². The lowest BCUT2D eigenvalue weighted by Crippen LogP contribution is -2.12. The van der Waals surface area contributed by atoms with Gasteiger partial charge in [-0.1, -0.05) is 0 Å². The molecule has 1 amide bonds. The van der Waals surface area contributed by atoms with Crippen LogP contribution in [0, 0.1) is 5.82 Å². The molecule has 0 radical (unpaired) electrons. The monoisotopic (exact) mass is 386 g/mol. The van der Waals surface area contributed by atoms with E-state index in [1.807, 2.05) is 5.38 Å². The SMILES string of the molecule is COc1ccc(NC(=O)CCc2nc(-c3ccc(F)cc3)cs2)cc1OC. The van der Waals surface area contributed by atoms with Gasteiger partial charge in [0.1, 0.15) is 5.82 Å². The number of rotatable bonds is 7. The quantitative estimate of drug-likeness (QED) is 0.648. The van der Waals surface area contributed by atoms with Crippen LogP contribution in [0.4, 0.5) is 10.1 Å². The molecular weight excluding hydrogens is 367 g/mol. The number of anilines is 1. The van der Waals surface area contributed by atoms with Gasteiger partial charge in [-0.2, -0.15) is 0 Å². The maximum Gasteiger partial charge on any atom is 0.224 e. The van der Waals surface area contributed by atoms with E-state index in [4.69, 9.17) is 9.47 Å². The molecule has 0 spiro atoms. The van der Waals surface area contributed by atoms with Crippen molar-refractivity contribution in [3.05, 3.63) is 58.7 Å². The second kappa shape index (κ2) is 8.64. The summed E-state index contributed by atoms with van der Waals surface area (Å²) >= 11 is 1.49. The number of amides is 1. The van der Waals surface area contributed by atoms with Crippen LogP contribution in [-0.4, -0.2) is 25.1 Å². The lowest BCUT2D eigenvalue weighted by Gasteiger charge is -2.10. The molecule has 27 heavy (non-hydrogen) atoms. The first-order chi connectivity index (χ1) is 13.1. The number of hydrogen-bond acceptors (Lipinski definition) is 5. The second-order valence-electron chi connectivity index (χ2n) is 5.75. The number of hydrogen-bond donors (Lipinski definition) is 1. The van der Waals surface area contributed by atoms with Crippen LogP contribution in [0.3, 0.4) is 0 Å². The summed E-state index contributed by atoms with van der Waals surface area (Å²) < 4.78 is 23.4. The zero-order valence-corrected chi connectivity index (χ0v) is 15.8. The highest BCUT2D eigenvalue weighted by Gasteiger charge is 2.10. The first kappa shape index (κ1) is 18.8. The Bertz CT molecular complexity index is 925. The molecule has 7 heteroatoms. The summed E-state index contributed by atoms with van der Waals surface area (Å²) in [5.74, 6) is 0.771. The van der Waals surface area contributed by atoms with Crippen molar-refractivity contribution < 1.29 is 18.7 Å². The van der Waals surface area contributed by atoms with E-state index in [2.05, 4.69) is 10.3 Å². The molecule has 0 atom stereocenters. The average molecular weight is 386 g/mol. The van der Waals surface area contributed by atoms with Crippen molar-refractivity contribution >= 4 is 22.9 Å². The standard InChI is InChI=1S/C20H19FN2O3S/c1-25-17-8-7-15(11-18(17)26-2)22-19(24)9-10-20-23-16(12-27-20)13-3-5-14(21)6-4-13/h3-8,11-12H,9-10H2,1-2H3,(H,22,24). The predicted molar refractivity (Wildman–Crippen MR) is 104 cm³/mol. The molecular formula is C20H19FN2O3S. The topological polar surface area (TPSA) is 60.5 Å². The minimum atomic E-state index is -0.277. The van der Waals surface area contributed by atoms with Gasteiger partial charge in [0.15, 0.2) is 11.5 Å². The van der Waals surface area contributed by atoms with Crippen molar-refractivity contribution in [3.63, 3.8) is 0 Å². The van der Waals surface area contributed by atoms with E-state index in [0.717, 1.165) is 16.3 Å². The molecule has 0 fully saturated rings. The number of nitrogens with one attached hydrogen (secondary N) is 1. The highest BCUT2D eigenvalue weighted by molar-refractivity contribution is 7.09. The maximum atomic E-state index is 13.0. The largest absolute Gasteiger partial charge is 0.493 e. The summed E-state index contributed by atoms with van der Waals surface area (Å²) in [5, 5.41) is 5.61. The molecule has 1 heterocycles. The summed E-state index contributed by atoms with van der Waals surface area (Å²) in [7, 11) is 3.11. The number of nitrogens with zero attached hydrogens (tertiary/aromatic N) is 1. The highest BCUT2D eigenvalue weighted by Crippen LogP contribution is 2.30. The fraction of sp³-hybridized carbons (Fsp3) is 0.200. The number of aryl methyl sites for hydroxylation is 1. The second-order valence-corrected chi connectivity index (χ2v) is 6.69. The van der Waals surface area contributed by atoms with Crippen LogP contribution in [0.5, 0.6) is 11.5 Å². The molecule has 0 aliphatic heterocycles. The van der Waals surface area contributed by atoms with E-state index in [0.29, 0.717) is 30.0 Å². The van der Waals surface area contributed by atoms with Gasteiger partial charge >= 0.3 is 0 Å². The van der Waals surface area contributed by atoms with Crippen LogP contribution in [-0.2, 0) is 11.2 Å². The van der Waals surface area contributed by atoms with Crippen LogP contribution < -0.4 is 14.8 Å². The third-order valence-electron chi connectivity index (χ3n) is 3.92. The highest BCUT2D eigenvalue weighted by atomic mass is 32.1. The van der Waals surface area contributed by atoms with Crippen molar-refractivity contribution in [3.8, 4) is 22.8 Å². The Morgan fingerprint density at radius 1 is 1.11 bits per heavy atom. The van der Waals surface area contributed by atoms with Crippen LogP contribution in [0.1, 0.15) is 11.4 Å². The number of carbonyl (C=O) groups excluding carboxylic acids is 1. The molecule has 1 N–H and O–H groups in total. The number of methoxy groups -OCH3 is 2. The normalized spacial score (nSPS) is 10.5. The molecule has 0 saturated heterocycles. The van der Waals surface area contributed by atoms with E-state index < -0.39 is 0 Å². The fourth-order valence-electron chi connectivity index (χ4n) is 2.54. The molecule has 0 aliphatic rings. The lowest BCUT2D eigenvalue weighted by molar-refractivity contribution is -0.116. The van der Waals surface area contributed by atoms with Crippen molar-refractivity contribution in [1.82, 2.24) is 4.98 Å². The summed E-state index contributed by atoms with van der Waals surface area (Å²) in [6, 6.07) is 11.4. The van der Waals surface area contributed by atoms with Gasteiger partial charge in [-0.3, -0.25) is 4.79 Å². The van der Waals surface area contributed by atoms with Crippen molar-refractivity contribution in [2.45, 2.75) is 12.8 Å². The Kier molecular flexibility index (Phi) is 6.03. The number of halogens is 1. The summed E-state index contributed by atoms with van der Waals surface area (Å²) in [4.78, 5) is 16.7. The van der Waals surface area contributed by atoms with Gasteiger partial charge in [0.05, 0.1) is 24.9 Å². The fourth-order valence-corrected chi connectivity index (χ4v) is 3.34. The maximum absolute atomic E-state index is 13.0. The van der Waals surface area contributed by atoms with Gasteiger partial charge in [-0.15, -0.1) is 11.3 Å². The van der Waals surface area contributed by atoms with E-state index in [1.54, 1.807) is 44.6 Å². The minimum absolute atomic E-state index is 0.110. The Hall–Kier alpha value is -2.93. The molecule has 0 saturated carbocycles. The smallest absolute Gasteiger partial charge is 0.224 e. The zero-order valence-electron chi connectivity index (χ0n) is 15.0. The van der Waals surface area contributed by atoms with Gasteiger partial charge in [-0.25, -0.2) is 9.37 Å². The van der Waals surface area contributed by atoms with E-state index in [9.17, 15) is 9.18 Å². The number of ether oxygens (including phenoxy) is 2. The number of carbonyl (C=O) groups is 1. The molecule has 0 bridgehead atoms. The van der Waals surface area contributed by atoms with Crippen LogP contribution >= 0.6 is 11.3 Å². The van der Waals surface area contributed by atoms with Crippen molar-refractivity contribution in [2.24, 2.45) is 0 Å². The number of thiazole rings is 1. The van der Waals surface area contributed by atoms with E-state index >= 15 is 0 Å². The lowest BCUT2D eigenvalue weighted by atomic mass is 10.2. The molecule has 3 aromatic rings. The average Bonchev–Trinajstić information content (AvgIpc) is 3.16. The van der Waals surface area contributed by atoms with Gasteiger partial charge in [0.2, 0.25) is 5.91 Å². The summed E-state index contributed by atoms with van der Waals surface area (Å²) in [5.41, 5.74) is 2.28. The molecule has 140 valence electrons. The number of benzene rings is 2. The Balaban J connectivity index is 1.57. The van der Waals surface area contributed by atoms with Crippen LogP contribution in [0.15, 0.2) is 47.8 Å². The van der Waals surface area contributed by atoms with Crippen LogP contribution in [0.25, 0.3) is 11.3 Å². The third kappa shape index (κ3) is 4.83. The molecule has 2 aromatic carbocycles. The van der Waals surface area contributed by atoms with E-state index in [1.165, 1.54) is 23.5 Å². The molecule has 0 aliphatic carbocycles. The summed E-state index contributed by atoms with van der Waals surface area (Å²) in [6.45, 7) is 0. The molecule has 5 nitrogen and oxygen atoms in total. The minimum Gasteiger partial charge on any atom is -0.493 e. The van der Waals surface area contributed by atoms with E-state index in [-0.39, 0.29) is 11.7 Å². The van der Waals surface area contributed by atoms with Crippen molar-refractivity contribution in [1.29, 1.82) is 0 Å². The van der Waals surface area contributed by atoms with Gasteiger partial charge in [-0.05, 0) is 36.4 Å². The Morgan fingerprint density at radius 2 is 1.85 bits per heavy atom. The Labute approximate surface area is 160 Å². The Morgan fingerprint density at radius 3 is 2.56 bits per heavy atom.